The first-order chi connectivity index (χ1) is 15.2. The maximum absolute atomic E-state index is 12.4. The zero-order valence-electron chi connectivity index (χ0n) is 19.4. The number of nitrogens with zero attached hydrogens (tertiary/aromatic N) is 2. The Hall–Kier alpha value is -3.35. The number of benzene rings is 2. The van der Waals surface area contributed by atoms with Crippen molar-refractivity contribution in [1.82, 2.24) is 5.01 Å². The number of anilines is 1. The minimum Gasteiger partial charge on any atom is -0.493 e. The van der Waals surface area contributed by atoms with Crippen LogP contribution in [-0.2, 0) is 16.0 Å². The summed E-state index contributed by atoms with van der Waals surface area (Å²) in [6.07, 6.45) is 1.68. The largest absolute Gasteiger partial charge is 0.493 e. The minimum atomic E-state index is -0.448. The molecule has 1 N–H and O–H groups in total. The summed E-state index contributed by atoms with van der Waals surface area (Å²) in [4.78, 5) is 24.5. The van der Waals surface area contributed by atoms with Crippen LogP contribution in [0, 0.1) is 5.41 Å². The van der Waals surface area contributed by atoms with Crippen LogP contribution in [0.5, 0.6) is 11.5 Å². The van der Waals surface area contributed by atoms with Gasteiger partial charge in [0.25, 0.3) is 0 Å². The number of carbonyl (C=O) groups is 2. The lowest BCUT2D eigenvalue weighted by atomic mass is 9.95. The van der Waals surface area contributed by atoms with Crippen LogP contribution in [0.15, 0.2) is 47.6 Å². The molecule has 0 saturated carbocycles. The third-order valence-electron chi connectivity index (χ3n) is 5.33. The lowest BCUT2D eigenvalue weighted by molar-refractivity contribution is -0.131. The topological polar surface area (TPSA) is 80.2 Å². The summed E-state index contributed by atoms with van der Waals surface area (Å²) in [7, 11) is 3.20. The van der Waals surface area contributed by atoms with Gasteiger partial charge in [-0.25, -0.2) is 5.01 Å². The average molecular weight is 438 g/mol. The zero-order chi connectivity index (χ0) is 23.3. The van der Waals surface area contributed by atoms with Gasteiger partial charge in [-0.3, -0.25) is 9.59 Å². The predicted molar refractivity (Wildman–Crippen MR) is 125 cm³/mol. The lowest BCUT2D eigenvalue weighted by Gasteiger charge is -2.24. The van der Waals surface area contributed by atoms with Gasteiger partial charge in [0.2, 0.25) is 11.8 Å². The fourth-order valence-electron chi connectivity index (χ4n) is 3.31. The fraction of sp³-hybridized carbons (Fsp3) is 0.400. The minimum absolute atomic E-state index is 0.0169. The van der Waals surface area contributed by atoms with Gasteiger partial charge in [-0.05, 0) is 42.3 Å². The van der Waals surface area contributed by atoms with E-state index in [0.717, 1.165) is 22.5 Å². The molecule has 170 valence electrons. The van der Waals surface area contributed by atoms with Gasteiger partial charge < -0.3 is 14.8 Å². The van der Waals surface area contributed by atoms with E-state index in [2.05, 4.69) is 10.4 Å². The second-order valence-corrected chi connectivity index (χ2v) is 8.78. The second kappa shape index (κ2) is 9.85. The first kappa shape index (κ1) is 23.3. The van der Waals surface area contributed by atoms with Crippen molar-refractivity contribution in [2.24, 2.45) is 10.5 Å². The Morgan fingerprint density at radius 1 is 1.03 bits per heavy atom. The highest BCUT2D eigenvalue weighted by molar-refractivity contribution is 6.04. The molecule has 0 unspecified atom stereocenters. The van der Waals surface area contributed by atoms with Gasteiger partial charge in [0.15, 0.2) is 11.5 Å². The molecule has 1 aliphatic heterocycles. The Balaban J connectivity index is 1.66. The van der Waals surface area contributed by atoms with E-state index in [0.29, 0.717) is 37.3 Å². The number of methoxy groups -OCH3 is 2. The van der Waals surface area contributed by atoms with Crippen LogP contribution in [0.3, 0.4) is 0 Å². The number of hydrogen-bond donors (Lipinski definition) is 1. The van der Waals surface area contributed by atoms with Crippen molar-refractivity contribution >= 4 is 23.2 Å². The van der Waals surface area contributed by atoms with Gasteiger partial charge in [0.1, 0.15) is 0 Å². The van der Waals surface area contributed by atoms with Crippen LogP contribution >= 0.6 is 0 Å². The highest BCUT2D eigenvalue weighted by Gasteiger charge is 2.23. The molecule has 0 bridgehead atoms. The third kappa shape index (κ3) is 5.66. The molecule has 0 fully saturated rings. The fourth-order valence-corrected chi connectivity index (χ4v) is 3.31. The summed E-state index contributed by atoms with van der Waals surface area (Å²) < 4.78 is 10.7. The van der Waals surface area contributed by atoms with Crippen LogP contribution in [0.1, 0.15) is 44.7 Å². The molecule has 0 aliphatic carbocycles. The molecule has 0 spiro atoms. The maximum Gasteiger partial charge on any atom is 0.243 e. The van der Waals surface area contributed by atoms with Crippen LogP contribution in [-0.4, -0.2) is 43.3 Å². The summed E-state index contributed by atoms with van der Waals surface area (Å²) in [6.45, 7) is 6.12. The first-order valence-corrected chi connectivity index (χ1v) is 10.7. The SMILES string of the molecule is COc1ccc(C2=NN(CCc3ccc(NC(=O)C(C)(C)C)cc3)C(=O)CC2)cc1OC. The summed E-state index contributed by atoms with van der Waals surface area (Å²) in [5.74, 6) is 1.28. The molecule has 2 aromatic rings. The number of amides is 2. The van der Waals surface area contributed by atoms with E-state index in [4.69, 9.17) is 9.47 Å². The van der Waals surface area contributed by atoms with Crippen molar-refractivity contribution in [2.75, 3.05) is 26.1 Å². The van der Waals surface area contributed by atoms with Gasteiger partial charge in [0, 0.05) is 36.1 Å². The molecule has 7 heteroatoms. The van der Waals surface area contributed by atoms with Crippen molar-refractivity contribution in [3.05, 3.63) is 53.6 Å². The Labute approximate surface area is 189 Å². The quantitative estimate of drug-likeness (QED) is 0.702. The predicted octanol–water partition coefficient (Wildman–Crippen LogP) is 4.26. The molecule has 1 heterocycles. The van der Waals surface area contributed by atoms with Gasteiger partial charge in [0.05, 0.1) is 19.9 Å². The van der Waals surface area contributed by atoms with Gasteiger partial charge >= 0.3 is 0 Å². The van der Waals surface area contributed by atoms with Crippen molar-refractivity contribution < 1.29 is 19.1 Å². The highest BCUT2D eigenvalue weighted by Crippen LogP contribution is 2.29. The number of rotatable bonds is 7. The zero-order valence-corrected chi connectivity index (χ0v) is 19.4. The van der Waals surface area contributed by atoms with E-state index in [1.165, 1.54) is 0 Å². The van der Waals surface area contributed by atoms with Crippen LogP contribution in [0.4, 0.5) is 5.69 Å². The molecular weight excluding hydrogens is 406 g/mol. The lowest BCUT2D eigenvalue weighted by Crippen LogP contribution is -2.33. The monoisotopic (exact) mass is 437 g/mol. The molecule has 7 nitrogen and oxygen atoms in total. The van der Waals surface area contributed by atoms with Crippen LogP contribution in [0.2, 0.25) is 0 Å². The third-order valence-corrected chi connectivity index (χ3v) is 5.33. The number of hydrogen-bond acceptors (Lipinski definition) is 5. The Bertz CT molecular complexity index is 1010. The normalized spacial score (nSPS) is 14.1. The van der Waals surface area contributed by atoms with Crippen molar-refractivity contribution in [3.63, 3.8) is 0 Å². The van der Waals surface area contributed by atoms with Crippen LogP contribution < -0.4 is 14.8 Å². The molecule has 32 heavy (non-hydrogen) atoms. The average Bonchev–Trinajstić information content (AvgIpc) is 2.78. The number of ether oxygens (including phenoxy) is 2. The molecule has 0 saturated heterocycles. The van der Waals surface area contributed by atoms with Crippen LogP contribution in [0.25, 0.3) is 0 Å². The van der Waals surface area contributed by atoms with Crippen molar-refractivity contribution in [3.8, 4) is 11.5 Å². The first-order valence-electron chi connectivity index (χ1n) is 10.7. The molecule has 0 atom stereocenters. The number of hydrazone groups is 1. The van der Waals surface area contributed by atoms with E-state index in [-0.39, 0.29) is 11.8 Å². The second-order valence-electron chi connectivity index (χ2n) is 8.78. The molecule has 0 radical (unpaired) electrons. The summed E-state index contributed by atoms with van der Waals surface area (Å²) in [5.41, 5.74) is 3.15. The smallest absolute Gasteiger partial charge is 0.243 e. The number of nitrogens with one attached hydrogen (secondary N) is 1. The van der Waals surface area contributed by atoms with E-state index in [9.17, 15) is 9.59 Å². The standard InChI is InChI=1S/C25H31N3O4/c1-25(2,3)24(30)26-19-9-6-17(7-10-19)14-15-28-23(29)13-11-20(27-28)18-8-12-21(31-4)22(16-18)32-5/h6-10,12,16H,11,13-15H2,1-5H3,(H,26,30). The Morgan fingerprint density at radius 3 is 2.34 bits per heavy atom. The van der Waals surface area contributed by atoms with Gasteiger partial charge in [-0.1, -0.05) is 32.9 Å². The molecule has 0 aromatic heterocycles. The Morgan fingerprint density at radius 2 is 1.72 bits per heavy atom. The van der Waals surface area contributed by atoms with Crippen molar-refractivity contribution in [1.29, 1.82) is 0 Å². The van der Waals surface area contributed by atoms with E-state index in [1.54, 1.807) is 19.2 Å². The maximum atomic E-state index is 12.4. The molecule has 2 aromatic carbocycles. The highest BCUT2D eigenvalue weighted by atomic mass is 16.5. The summed E-state index contributed by atoms with van der Waals surface area (Å²) in [6, 6.07) is 13.4. The molecule has 1 aliphatic rings. The number of carbonyl (C=O) groups excluding carboxylic acids is 2. The van der Waals surface area contributed by atoms with E-state index in [1.807, 2.05) is 63.2 Å². The summed E-state index contributed by atoms with van der Waals surface area (Å²) in [5, 5.41) is 9.08. The van der Waals surface area contributed by atoms with E-state index < -0.39 is 5.41 Å². The molecule has 3 rings (SSSR count). The van der Waals surface area contributed by atoms with E-state index >= 15 is 0 Å². The van der Waals surface area contributed by atoms with Crippen molar-refractivity contribution in [2.45, 2.75) is 40.0 Å². The summed E-state index contributed by atoms with van der Waals surface area (Å²) >= 11 is 0. The Kier molecular flexibility index (Phi) is 7.18. The molecule has 2 amide bonds. The van der Waals surface area contributed by atoms with Gasteiger partial charge in [-0.2, -0.15) is 5.10 Å². The van der Waals surface area contributed by atoms with Gasteiger partial charge in [-0.15, -0.1) is 0 Å². The molecular formula is C25H31N3O4.